The Kier molecular flexibility index (Phi) is 5.39. The van der Waals surface area contributed by atoms with Crippen molar-refractivity contribution in [3.63, 3.8) is 0 Å². The molecule has 100 valence electrons. The molecule has 4 heteroatoms. The minimum atomic E-state index is 0.223. The molecular formula is C15H19N3S. The van der Waals surface area contributed by atoms with Crippen LogP contribution in [0.4, 0.5) is 0 Å². The summed E-state index contributed by atoms with van der Waals surface area (Å²) >= 11 is 1.81. The number of thioether (sulfide) groups is 1. The first-order chi connectivity index (χ1) is 9.28. The van der Waals surface area contributed by atoms with Crippen LogP contribution in [0.5, 0.6) is 0 Å². The molecule has 1 unspecified atom stereocenters. The van der Waals surface area contributed by atoms with Crippen molar-refractivity contribution >= 4 is 11.8 Å². The van der Waals surface area contributed by atoms with Gasteiger partial charge in [0, 0.05) is 35.0 Å². The highest BCUT2D eigenvalue weighted by Crippen LogP contribution is 2.19. The van der Waals surface area contributed by atoms with E-state index in [1.807, 2.05) is 36.2 Å². The van der Waals surface area contributed by atoms with Gasteiger partial charge >= 0.3 is 0 Å². The molecule has 19 heavy (non-hydrogen) atoms. The zero-order valence-corrected chi connectivity index (χ0v) is 11.9. The maximum atomic E-state index is 5.62. The average molecular weight is 273 g/mol. The number of nitrogens with zero attached hydrogens (tertiary/aromatic N) is 1. The predicted octanol–water partition coefficient (Wildman–Crippen LogP) is 2.56. The van der Waals surface area contributed by atoms with Gasteiger partial charge in [0.1, 0.15) is 0 Å². The second kappa shape index (κ2) is 7.28. The van der Waals surface area contributed by atoms with E-state index < -0.39 is 0 Å². The molecular weight excluding hydrogens is 254 g/mol. The molecule has 2 aromatic rings. The van der Waals surface area contributed by atoms with Crippen LogP contribution in [-0.4, -0.2) is 16.8 Å². The number of hydrazine groups is 1. The van der Waals surface area contributed by atoms with E-state index in [9.17, 15) is 0 Å². The SMILES string of the molecule is Cc1ccc(SCC(Cc2ccccn2)NN)cc1. The molecule has 3 N–H and O–H groups in total. The number of aryl methyl sites for hydroxylation is 1. The summed E-state index contributed by atoms with van der Waals surface area (Å²) in [6.07, 6.45) is 2.66. The van der Waals surface area contributed by atoms with Gasteiger partial charge in [0.2, 0.25) is 0 Å². The van der Waals surface area contributed by atoms with E-state index in [4.69, 9.17) is 5.84 Å². The summed E-state index contributed by atoms with van der Waals surface area (Å²) in [5, 5.41) is 0. The van der Waals surface area contributed by atoms with Gasteiger partial charge < -0.3 is 0 Å². The first kappa shape index (κ1) is 14.1. The number of nitrogens with one attached hydrogen (secondary N) is 1. The molecule has 0 aliphatic carbocycles. The second-order valence-electron chi connectivity index (χ2n) is 4.51. The Morgan fingerprint density at radius 1 is 1.21 bits per heavy atom. The molecule has 3 nitrogen and oxygen atoms in total. The highest BCUT2D eigenvalue weighted by molar-refractivity contribution is 7.99. The summed E-state index contributed by atoms with van der Waals surface area (Å²) in [6, 6.07) is 14.7. The van der Waals surface area contributed by atoms with E-state index in [0.717, 1.165) is 17.9 Å². The van der Waals surface area contributed by atoms with E-state index in [1.54, 1.807) is 0 Å². The molecule has 0 saturated heterocycles. The summed E-state index contributed by atoms with van der Waals surface area (Å²) in [6.45, 7) is 2.10. The van der Waals surface area contributed by atoms with Gasteiger partial charge in [-0.25, -0.2) is 0 Å². The number of benzene rings is 1. The first-order valence-electron chi connectivity index (χ1n) is 6.33. The molecule has 1 aromatic heterocycles. The molecule has 0 aliphatic heterocycles. The molecule has 1 aromatic carbocycles. The number of rotatable bonds is 6. The Morgan fingerprint density at radius 3 is 2.63 bits per heavy atom. The molecule has 2 rings (SSSR count). The molecule has 1 heterocycles. The van der Waals surface area contributed by atoms with Crippen molar-refractivity contribution in [1.29, 1.82) is 0 Å². The van der Waals surface area contributed by atoms with Crippen LogP contribution in [0.15, 0.2) is 53.6 Å². The van der Waals surface area contributed by atoms with Crippen LogP contribution in [0.1, 0.15) is 11.3 Å². The molecule has 1 atom stereocenters. The largest absolute Gasteiger partial charge is 0.271 e. The smallest absolute Gasteiger partial charge is 0.0419 e. The van der Waals surface area contributed by atoms with Gasteiger partial charge in [-0.15, -0.1) is 11.8 Å². The molecule has 0 amide bonds. The Morgan fingerprint density at radius 2 is 2.00 bits per heavy atom. The van der Waals surface area contributed by atoms with Crippen molar-refractivity contribution in [3.05, 3.63) is 59.9 Å². The Hall–Kier alpha value is -1.36. The number of hydrogen-bond acceptors (Lipinski definition) is 4. The molecule has 0 radical (unpaired) electrons. The standard InChI is InChI=1S/C15H19N3S/c1-12-5-7-15(8-6-12)19-11-14(18-16)10-13-4-2-3-9-17-13/h2-9,14,18H,10-11,16H2,1H3. The van der Waals surface area contributed by atoms with Gasteiger partial charge in [-0.05, 0) is 31.2 Å². The summed E-state index contributed by atoms with van der Waals surface area (Å²) in [4.78, 5) is 5.60. The van der Waals surface area contributed by atoms with Crippen LogP contribution in [0.2, 0.25) is 0 Å². The fraction of sp³-hybridized carbons (Fsp3) is 0.267. The van der Waals surface area contributed by atoms with E-state index >= 15 is 0 Å². The highest BCUT2D eigenvalue weighted by Gasteiger charge is 2.09. The zero-order valence-electron chi connectivity index (χ0n) is 11.0. The molecule has 0 fully saturated rings. The van der Waals surface area contributed by atoms with Crippen molar-refractivity contribution in [2.45, 2.75) is 24.3 Å². The Balaban J connectivity index is 1.87. The van der Waals surface area contributed by atoms with E-state index in [1.165, 1.54) is 10.5 Å². The number of hydrogen-bond donors (Lipinski definition) is 2. The maximum Gasteiger partial charge on any atom is 0.0419 e. The van der Waals surface area contributed by atoms with Crippen LogP contribution < -0.4 is 11.3 Å². The van der Waals surface area contributed by atoms with Crippen molar-refractivity contribution in [1.82, 2.24) is 10.4 Å². The lowest BCUT2D eigenvalue weighted by atomic mass is 10.2. The number of nitrogens with two attached hydrogens (primary N) is 1. The summed E-state index contributed by atoms with van der Waals surface area (Å²) in [5.41, 5.74) is 5.22. The van der Waals surface area contributed by atoms with Crippen LogP contribution in [0.25, 0.3) is 0 Å². The third kappa shape index (κ3) is 4.67. The fourth-order valence-corrected chi connectivity index (χ4v) is 2.70. The van der Waals surface area contributed by atoms with Gasteiger partial charge in [-0.1, -0.05) is 23.8 Å². The normalized spacial score (nSPS) is 12.3. The summed E-state index contributed by atoms with van der Waals surface area (Å²) < 4.78 is 0. The highest BCUT2D eigenvalue weighted by atomic mass is 32.2. The topological polar surface area (TPSA) is 50.9 Å². The zero-order chi connectivity index (χ0) is 13.5. The first-order valence-corrected chi connectivity index (χ1v) is 7.32. The second-order valence-corrected chi connectivity index (χ2v) is 5.61. The predicted molar refractivity (Wildman–Crippen MR) is 81.0 cm³/mol. The lowest BCUT2D eigenvalue weighted by molar-refractivity contribution is 0.569. The molecule has 0 spiro atoms. The van der Waals surface area contributed by atoms with Gasteiger partial charge in [0.15, 0.2) is 0 Å². The van der Waals surface area contributed by atoms with Gasteiger partial charge in [-0.3, -0.25) is 16.3 Å². The molecule has 0 aliphatic rings. The summed E-state index contributed by atoms with van der Waals surface area (Å²) in [5.74, 6) is 6.54. The van der Waals surface area contributed by atoms with Crippen molar-refractivity contribution in [2.24, 2.45) is 5.84 Å². The van der Waals surface area contributed by atoms with Crippen molar-refractivity contribution in [2.75, 3.05) is 5.75 Å². The third-order valence-corrected chi connectivity index (χ3v) is 4.06. The van der Waals surface area contributed by atoms with Crippen LogP contribution in [0, 0.1) is 6.92 Å². The van der Waals surface area contributed by atoms with Gasteiger partial charge in [0.25, 0.3) is 0 Å². The molecule has 0 bridgehead atoms. The van der Waals surface area contributed by atoms with E-state index in [-0.39, 0.29) is 6.04 Å². The Bertz CT molecular complexity index is 485. The number of pyridine rings is 1. The lowest BCUT2D eigenvalue weighted by Crippen LogP contribution is -2.38. The minimum absolute atomic E-state index is 0.223. The molecule has 0 saturated carbocycles. The maximum absolute atomic E-state index is 5.62. The quantitative estimate of drug-likeness (QED) is 0.482. The lowest BCUT2D eigenvalue weighted by Gasteiger charge is -2.15. The van der Waals surface area contributed by atoms with Crippen LogP contribution in [0.3, 0.4) is 0 Å². The third-order valence-electron chi connectivity index (χ3n) is 2.89. The average Bonchev–Trinajstić information content (AvgIpc) is 2.46. The van der Waals surface area contributed by atoms with Gasteiger partial charge in [-0.2, -0.15) is 0 Å². The summed E-state index contributed by atoms with van der Waals surface area (Å²) in [7, 11) is 0. The number of aromatic nitrogens is 1. The monoisotopic (exact) mass is 273 g/mol. The van der Waals surface area contributed by atoms with Crippen LogP contribution in [-0.2, 0) is 6.42 Å². The van der Waals surface area contributed by atoms with E-state index in [0.29, 0.717) is 0 Å². The van der Waals surface area contributed by atoms with Crippen molar-refractivity contribution < 1.29 is 0 Å². The minimum Gasteiger partial charge on any atom is -0.271 e. The van der Waals surface area contributed by atoms with Crippen molar-refractivity contribution in [3.8, 4) is 0 Å². The van der Waals surface area contributed by atoms with Crippen LogP contribution >= 0.6 is 11.8 Å². The van der Waals surface area contributed by atoms with Gasteiger partial charge in [0.05, 0.1) is 0 Å². The Labute approximate surface area is 118 Å². The van der Waals surface area contributed by atoms with E-state index in [2.05, 4.69) is 41.6 Å². The fourth-order valence-electron chi connectivity index (χ4n) is 1.77.